The Hall–Kier alpha value is -0.120. The van der Waals surface area contributed by atoms with Crippen molar-refractivity contribution in [2.24, 2.45) is 0 Å². The Kier molecular flexibility index (Phi) is 8.14. The lowest BCUT2D eigenvalue weighted by Crippen LogP contribution is -2.28. The zero-order chi connectivity index (χ0) is 10.9. The Morgan fingerprint density at radius 2 is 1.36 bits per heavy atom. The maximum Gasteiger partial charge on any atom is 0.0849 e. The first-order valence-corrected chi connectivity index (χ1v) is 5.56. The molecule has 1 unspecified atom stereocenters. The van der Waals surface area contributed by atoms with E-state index < -0.39 is 5.60 Å². The summed E-state index contributed by atoms with van der Waals surface area (Å²) in [6, 6.07) is 0. The van der Waals surface area contributed by atoms with Crippen LogP contribution in [-0.2, 0) is 0 Å². The smallest absolute Gasteiger partial charge is 0.0849 e. The van der Waals surface area contributed by atoms with Crippen molar-refractivity contribution in [3.05, 3.63) is 0 Å². The van der Waals surface area contributed by atoms with Gasteiger partial charge in [-0.05, 0) is 19.8 Å². The average Bonchev–Trinajstić information content (AvgIpc) is 2.16. The molecule has 0 amide bonds. The van der Waals surface area contributed by atoms with Crippen LogP contribution in [0.3, 0.4) is 0 Å². The molecule has 0 aliphatic carbocycles. The van der Waals surface area contributed by atoms with Gasteiger partial charge in [-0.2, -0.15) is 0 Å². The van der Waals surface area contributed by atoms with E-state index in [4.69, 9.17) is 10.2 Å². The van der Waals surface area contributed by atoms with Crippen LogP contribution in [0.15, 0.2) is 0 Å². The summed E-state index contributed by atoms with van der Waals surface area (Å²) in [5.74, 6) is 0. The van der Waals surface area contributed by atoms with Gasteiger partial charge in [0.05, 0.1) is 12.2 Å². The number of unbranched alkanes of at least 4 members (excludes halogenated alkanes) is 5. The van der Waals surface area contributed by atoms with Crippen molar-refractivity contribution < 1.29 is 15.3 Å². The van der Waals surface area contributed by atoms with Gasteiger partial charge < -0.3 is 15.3 Å². The lowest BCUT2D eigenvalue weighted by molar-refractivity contribution is -0.00695. The first-order chi connectivity index (χ1) is 6.62. The topological polar surface area (TPSA) is 60.7 Å². The van der Waals surface area contributed by atoms with Gasteiger partial charge in [0, 0.05) is 6.61 Å². The summed E-state index contributed by atoms with van der Waals surface area (Å²) in [6.07, 6.45) is 7.03. The van der Waals surface area contributed by atoms with E-state index in [9.17, 15) is 5.11 Å². The molecule has 0 aliphatic heterocycles. The summed E-state index contributed by atoms with van der Waals surface area (Å²) in [4.78, 5) is 0. The van der Waals surface area contributed by atoms with Crippen LogP contribution in [0.2, 0.25) is 0 Å². The second-order valence-electron chi connectivity index (χ2n) is 4.25. The summed E-state index contributed by atoms with van der Waals surface area (Å²) in [5, 5.41) is 26.8. The molecule has 3 heteroatoms. The van der Waals surface area contributed by atoms with Crippen LogP contribution in [0.4, 0.5) is 0 Å². The number of rotatable bonds is 9. The number of aliphatic hydroxyl groups is 3. The quantitative estimate of drug-likeness (QED) is 0.498. The lowest BCUT2D eigenvalue weighted by atomic mass is 9.98. The maximum atomic E-state index is 9.48. The van der Waals surface area contributed by atoms with Gasteiger partial charge in [0.25, 0.3) is 0 Å². The van der Waals surface area contributed by atoms with Crippen LogP contribution >= 0.6 is 0 Å². The first kappa shape index (κ1) is 13.9. The molecule has 0 aromatic heterocycles. The second kappa shape index (κ2) is 8.21. The molecule has 0 bridgehead atoms. The summed E-state index contributed by atoms with van der Waals surface area (Å²) >= 11 is 0. The third kappa shape index (κ3) is 8.48. The van der Waals surface area contributed by atoms with Gasteiger partial charge >= 0.3 is 0 Å². The highest BCUT2D eigenvalue weighted by Gasteiger charge is 2.17. The predicted octanol–water partition coefficient (Wildman–Crippen LogP) is 1.45. The fourth-order valence-electron chi connectivity index (χ4n) is 1.40. The van der Waals surface area contributed by atoms with E-state index in [1.54, 1.807) is 6.92 Å². The fourth-order valence-corrected chi connectivity index (χ4v) is 1.40. The predicted molar refractivity (Wildman–Crippen MR) is 57.1 cm³/mol. The molecular weight excluding hydrogens is 180 g/mol. The Morgan fingerprint density at radius 3 is 1.86 bits per heavy atom. The maximum absolute atomic E-state index is 9.48. The Labute approximate surface area is 86.8 Å². The van der Waals surface area contributed by atoms with Crippen LogP contribution in [0.25, 0.3) is 0 Å². The molecule has 0 aromatic carbocycles. The molecule has 0 rings (SSSR count). The molecule has 0 saturated carbocycles. The van der Waals surface area contributed by atoms with E-state index in [2.05, 4.69) is 0 Å². The van der Waals surface area contributed by atoms with Gasteiger partial charge in [-0.3, -0.25) is 0 Å². The SMILES string of the molecule is CC(O)(CO)CCCCCCCCO. The van der Waals surface area contributed by atoms with Crippen molar-refractivity contribution in [2.45, 2.75) is 57.5 Å². The Morgan fingerprint density at radius 1 is 0.857 bits per heavy atom. The largest absolute Gasteiger partial charge is 0.396 e. The van der Waals surface area contributed by atoms with Gasteiger partial charge in [0.2, 0.25) is 0 Å². The zero-order valence-corrected chi connectivity index (χ0v) is 9.21. The monoisotopic (exact) mass is 204 g/mol. The van der Waals surface area contributed by atoms with Gasteiger partial charge in [-0.1, -0.05) is 32.1 Å². The number of hydrogen-bond donors (Lipinski definition) is 3. The van der Waals surface area contributed by atoms with Gasteiger partial charge in [0.1, 0.15) is 0 Å². The van der Waals surface area contributed by atoms with E-state index >= 15 is 0 Å². The van der Waals surface area contributed by atoms with Crippen LogP contribution < -0.4 is 0 Å². The highest BCUT2D eigenvalue weighted by atomic mass is 16.3. The van der Waals surface area contributed by atoms with Crippen molar-refractivity contribution in [1.29, 1.82) is 0 Å². The minimum absolute atomic E-state index is 0.155. The molecule has 3 N–H and O–H groups in total. The Balaban J connectivity index is 3.13. The molecule has 1 atom stereocenters. The van der Waals surface area contributed by atoms with Crippen molar-refractivity contribution in [1.82, 2.24) is 0 Å². The van der Waals surface area contributed by atoms with Crippen LogP contribution in [0.5, 0.6) is 0 Å². The van der Waals surface area contributed by atoms with Gasteiger partial charge in [-0.15, -0.1) is 0 Å². The van der Waals surface area contributed by atoms with Crippen molar-refractivity contribution in [2.75, 3.05) is 13.2 Å². The number of hydrogen-bond acceptors (Lipinski definition) is 3. The zero-order valence-electron chi connectivity index (χ0n) is 9.21. The highest BCUT2D eigenvalue weighted by molar-refractivity contribution is 4.70. The standard InChI is InChI=1S/C11H24O3/c1-11(14,10-13)8-6-4-2-3-5-7-9-12/h12-14H,2-10H2,1H3. The molecule has 0 saturated heterocycles. The van der Waals surface area contributed by atoms with Crippen molar-refractivity contribution in [3.63, 3.8) is 0 Å². The molecule has 3 nitrogen and oxygen atoms in total. The molecule has 0 aliphatic rings. The summed E-state index contributed by atoms with van der Waals surface area (Å²) < 4.78 is 0. The molecule has 0 radical (unpaired) electrons. The molecule has 0 heterocycles. The normalized spacial score (nSPS) is 15.4. The molecule has 0 spiro atoms. The molecule has 0 aromatic rings. The van der Waals surface area contributed by atoms with Crippen LogP contribution in [-0.4, -0.2) is 34.1 Å². The molecule has 0 fully saturated rings. The van der Waals surface area contributed by atoms with E-state index in [0.29, 0.717) is 13.0 Å². The van der Waals surface area contributed by atoms with Crippen LogP contribution in [0.1, 0.15) is 51.9 Å². The van der Waals surface area contributed by atoms with E-state index in [-0.39, 0.29) is 6.61 Å². The summed E-state index contributed by atoms with van der Waals surface area (Å²) in [7, 11) is 0. The van der Waals surface area contributed by atoms with Crippen molar-refractivity contribution >= 4 is 0 Å². The van der Waals surface area contributed by atoms with Gasteiger partial charge in [-0.25, -0.2) is 0 Å². The third-order valence-corrected chi connectivity index (χ3v) is 2.46. The number of aliphatic hydroxyl groups excluding tert-OH is 2. The minimum Gasteiger partial charge on any atom is -0.396 e. The Bertz CT molecular complexity index is 124. The van der Waals surface area contributed by atoms with Gasteiger partial charge in [0.15, 0.2) is 0 Å². The van der Waals surface area contributed by atoms with E-state index in [0.717, 1.165) is 38.5 Å². The summed E-state index contributed by atoms with van der Waals surface area (Å²) in [5.41, 5.74) is -0.898. The lowest BCUT2D eigenvalue weighted by Gasteiger charge is -2.19. The third-order valence-electron chi connectivity index (χ3n) is 2.46. The minimum atomic E-state index is -0.898. The summed E-state index contributed by atoms with van der Waals surface area (Å²) in [6.45, 7) is 1.80. The average molecular weight is 204 g/mol. The van der Waals surface area contributed by atoms with E-state index in [1.165, 1.54) is 0 Å². The highest BCUT2D eigenvalue weighted by Crippen LogP contribution is 2.14. The molecular formula is C11H24O3. The molecule has 86 valence electrons. The first-order valence-electron chi connectivity index (χ1n) is 5.56. The van der Waals surface area contributed by atoms with Crippen LogP contribution in [0, 0.1) is 0 Å². The van der Waals surface area contributed by atoms with E-state index in [1.807, 2.05) is 0 Å². The van der Waals surface area contributed by atoms with Crippen molar-refractivity contribution in [3.8, 4) is 0 Å². The molecule has 14 heavy (non-hydrogen) atoms. The second-order valence-corrected chi connectivity index (χ2v) is 4.25. The fraction of sp³-hybridized carbons (Fsp3) is 1.00.